The minimum atomic E-state index is -1.07. The molecule has 0 aromatic heterocycles. The van der Waals surface area contributed by atoms with Gasteiger partial charge in [-0.15, -0.1) is 0 Å². The van der Waals surface area contributed by atoms with Gasteiger partial charge in [-0.2, -0.15) is 0 Å². The van der Waals surface area contributed by atoms with Gasteiger partial charge in [-0.3, -0.25) is 4.79 Å². The summed E-state index contributed by atoms with van der Waals surface area (Å²) < 4.78 is 0. The van der Waals surface area contributed by atoms with Crippen molar-refractivity contribution in [3.05, 3.63) is 0 Å². The molecular formula is C15H28N2O2. The molecule has 2 aliphatic rings. The standard InChI is InChI=1S/C15H28N2O2/c1-15(16,14(18)19)8-4-9-17-10-7-12-5-2-3-6-13(12)11-17/h12-13H,2-11,16H2,1H3,(H,18,19). The number of carbonyl (C=O) groups is 1. The SMILES string of the molecule is CC(N)(CCCN1CCC2CCCCC2C1)C(=O)O. The smallest absolute Gasteiger partial charge is 0.323 e. The fraction of sp³-hybridized carbons (Fsp3) is 0.933. The van der Waals surface area contributed by atoms with Crippen LogP contribution in [0.5, 0.6) is 0 Å². The van der Waals surface area contributed by atoms with E-state index in [9.17, 15) is 4.79 Å². The second kappa shape index (κ2) is 6.23. The van der Waals surface area contributed by atoms with Gasteiger partial charge in [-0.05, 0) is 57.5 Å². The molecule has 0 amide bonds. The van der Waals surface area contributed by atoms with E-state index in [2.05, 4.69) is 4.90 Å². The van der Waals surface area contributed by atoms with Crippen LogP contribution in [-0.2, 0) is 4.79 Å². The van der Waals surface area contributed by atoms with E-state index in [1.807, 2.05) is 0 Å². The average molecular weight is 268 g/mol. The number of rotatable bonds is 5. The number of carboxylic acid groups (broad SMARTS) is 1. The van der Waals surface area contributed by atoms with Gasteiger partial charge in [0.05, 0.1) is 0 Å². The number of piperidine rings is 1. The fourth-order valence-corrected chi connectivity index (χ4v) is 3.66. The van der Waals surface area contributed by atoms with Gasteiger partial charge in [0.1, 0.15) is 5.54 Å². The number of hydrogen-bond acceptors (Lipinski definition) is 3. The van der Waals surface area contributed by atoms with Crippen LogP contribution in [0.4, 0.5) is 0 Å². The summed E-state index contributed by atoms with van der Waals surface area (Å²) >= 11 is 0. The van der Waals surface area contributed by atoms with E-state index < -0.39 is 11.5 Å². The number of likely N-dealkylation sites (tertiary alicyclic amines) is 1. The fourth-order valence-electron chi connectivity index (χ4n) is 3.66. The summed E-state index contributed by atoms with van der Waals surface area (Å²) in [5.41, 5.74) is 4.70. The molecule has 110 valence electrons. The summed E-state index contributed by atoms with van der Waals surface area (Å²) in [5.74, 6) is 0.966. The van der Waals surface area contributed by atoms with E-state index in [0.29, 0.717) is 6.42 Å². The molecule has 3 N–H and O–H groups in total. The maximum atomic E-state index is 11.0. The highest BCUT2D eigenvalue weighted by Gasteiger charge is 2.31. The van der Waals surface area contributed by atoms with Gasteiger partial charge in [0.15, 0.2) is 0 Å². The van der Waals surface area contributed by atoms with E-state index in [1.165, 1.54) is 45.2 Å². The molecule has 0 spiro atoms. The summed E-state index contributed by atoms with van der Waals surface area (Å²) in [5, 5.41) is 8.99. The summed E-state index contributed by atoms with van der Waals surface area (Å²) in [6.45, 7) is 5.03. The molecule has 2 fully saturated rings. The first-order valence-corrected chi connectivity index (χ1v) is 7.73. The molecule has 0 aromatic rings. The van der Waals surface area contributed by atoms with E-state index in [-0.39, 0.29) is 0 Å². The number of fused-ring (bicyclic) bond motifs is 1. The summed E-state index contributed by atoms with van der Waals surface area (Å²) in [4.78, 5) is 13.5. The Bertz CT molecular complexity index is 317. The molecule has 19 heavy (non-hydrogen) atoms. The lowest BCUT2D eigenvalue weighted by Crippen LogP contribution is -2.46. The topological polar surface area (TPSA) is 66.6 Å². The number of hydrogen-bond donors (Lipinski definition) is 2. The lowest BCUT2D eigenvalue weighted by molar-refractivity contribution is -0.143. The van der Waals surface area contributed by atoms with Gasteiger partial charge in [0, 0.05) is 6.54 Å². The van der Waals surface area contributed by atoms with Crippen LogP contribution in [0.3, 0.4) is 0 Å². The third-order valence-electron chi connectivity index (χ3n) is 5.03. The Hall–Kier alpha value is -0.610. The third kappa shape index (κ3) is 3.93. The Kier molecular flexibility index (Phi) is 4.85. The molecule has 2 rings (SSSR count). The zero-order valence-corrected chi connectivity index (χ0v) is 12.1. The summed E-state index contributed by atoms with van der Waals surface area (Å²) in [6, 6.07) is 0. The molecule has 3 atom stereocenters. The Balaban J connectivity index is 1.71. The van der Waals surface area contributed by atoms with Gasteiger partial charge in [-0.25, -0.2) is 0 Å². The van der Waals surface area contributed by atoms with Crippen LogP contribution >= 0.6 is 0 Å². The average Bonchev–Trinajstić information content (AvgIpc) is 2.38. The van der Waals surface area contributed by atoms with Gasteiger partial charge in [0.25, 0.3) is 0 Å². The van der Waals surface area contributed by atoms with Crippen molar-refractivity contribution >= 4 is 5.97 Å². The Labute approximate surface area is 116 Å². The maximum absolute atomic E-state index is 11.0. The predicted octanol–water partition coefficient (Wildman–Crippen LogP) is 2.08. The first kappa shape index (κ1) is 14.8. The second-order valence-electron chi connectivity index (χ2n) is 6.72. The van der Waals surface area contributed by atoms with Gasteiger partial charge in [-0.1, -0.05) is 19.3 Å². The van der Waals surface area contributed by atoms with Crippen LogP contribution in [0.1, 0.15) is 51.9 Å². The normalized spacial score (nSPS) is 31.5. The first-order valence-electron chi connectivity index (χ1n) is 7.73. The van der Waals surface area contributed by atoms with E-state index in [0.717, 1.165) is 24.8 Å². The number of carboxylic acids is 1. The molecule has 0 aromatic carbocycles. The molecular weight excluding hydrogens is 240 g/mol. The minimum absolute atomic E-state index is 0.562. The first-order chi connectivity index (χ1) is 8.99. The molecule has 3 unspecified atom stereocenters. The third-order valence-corrected chi connectivity index (χ3v) is 5.03. The van der Waals surface area contributed by atoms with Crippen molar-refractivity contribution in [1.82, 2.24) is 4.90 Å². The Morgan fingerprint density at radius 2 is 2.00 bits per heavy atom. The number of aliphatic carboxylic acids is 1. The maximum Gasteiger partial charge on any atom is 0.323 e. The summed E-state index contributed by atoms with van der Waals surface area (Å²) in [7, 11) is 0. The van der Waals surface area contributed by atoms with Gasteiger partial charge >= 0.3 is 5.97 Å². The molecule has 0 bridgehead atoms. The zero-order chi connectivity index (χ0) is 13.9. The molecule has 1 heterocycles. The highest BCUT2D eigenvalue weighted by atomic mass is 16.4. The summed E-state index contributed by atoms with van der Waals surface area (Å²) in [6.07, 6.45) is 8.43. The molecule has 1 saturated heterocycles. The molecule has 1 saturated carbocycles. The van der Waals surface area contributed by atoms with E-state index >= 15 is 0 Å². The van der Waals surface area contributed by atoms with Crippen LogP contribution in [0.2, 0.25) is 0 Å². The second-order valence-corrected chi connectivity index (χ2v) is 6.72. The van der Waals surface area contributed by atoms with Crippen molar-refractivity contribution < 1.29 is 9.90 Å². The quantitative estimate of drug-likeness (QED) is 0.801. The van der Waals surface area contributed by atoms with Gasteiger partial charge in [0.2, 0.25) is 0 Å². The van der Waals surface area contributed by atoms with Gasteiger partial charge < -0.3 is 15.7 Å². The van der Waals surface area contributed by atoms with Crippen molar-refractivity contribution in [1.29, 1.82) is 0 Å². The monoisotopic (exact) mass is 268 g/mol. The lowest BCUT2D eigenvalue weighted by atomic mass is 9.75. The Morgan fingerprint density at radius 1 is 1.32 bits per heavy atom. The van der Waals surface area contributed by atoms with Crippen molar-refractivity contribution in [3.8, 4) is 0 Å². The van der Waals surface area contributed by atoms with Crippen LogP contribution in [0.25, 0.3) is 0 Å². The van der Waals surface area contributed by atoms with Crippen molar-refractivity contribution in [2.75, 3.05) is 19.6 Å². The largest absolute Gasteiger partial charge is 0.480 e. The predicted molar refractivity (Wildman–Crippen MR) is 76.0 cm³/mol. The van der Waals surface area contributed by atoms with Crippen LogP contribution in [0.15, 0.2) is 0 Å². The number of nitrogens with two attached hydrogens (primary N) is 1. The highest BCUT2D eigenvalue weighted by Crippen LogP contribution is 2.36. The van der Waals surface area contributed by atoms with Crippen molar-refractivity contribution in [2.24, 2.45) is 17.6 Å². The van der Waals surface area contributed by atoms with Crippen molar-refractivity contribution in [3.63, 3.8) is 0 Å². The molecule has 1 aliphatic heterocycles. The van der Waals surface area contributed by atoms with Crippen LogP contribution in [0, 0.1) is 11.8 Å². The highest BCUT2D eigenvalue weighted by molar-refractivity contribution is 5.77. The van der Waals surface area contributed by atoms with E-state index in [4.69, 9.17) is 10.8 Å². The molecule has 0 radical (unpaired) electrons. The lowest BCUT2D eigenvalue weighted by Gasteiger charge is -2.41. The van der Waals surface area contributed by atoms with Crippen molar-refractivity contribution in [2.45, 2.75) is 57.4 Å². The zero-order valence-electron chi connectivity index (χ0n) is 12.1. The Morgan fingerprint density at radius 3 is 2.68 bits per heavy atom. The van der Waals surface area contributed by atoms with Crippen LogP contribution in [-0.4, -0.2) is 41.1 Å². The molecule has 4 nitrogen and oxygen atoms in total. The molecule has 4 heteroatoms. The number of nitrogens with zero attached hydrogens (tertiary/aromatic N) is 1. The minimum Gasteiger partial charge on any atom is -0.480 e. The molecule has 1 aliphatic carbocycles. The van der Waals surface area contributed by atoms with E-state index in [1.54, 1.807) is 6.92 Å². The van der Waals surface area contributed by atoms with Crippen LogP contribution < -0.4 is 5.73 Å².